The number of amides is 1. The maximum atomic E-state index is 12.3. The van der Waals surface area contributed by atoms with Gasteiger partial charge in [-0.3, -0.25) is 4.79 Å². The third-order valence-corrected chi connectivity index (χ3v) is 4.94. The number of carbonyl (C=O) groups is 1. The fraction of sp³-hybridized carbons (Fsp3) is 0.263. The molecule has 28 heavy (non-hydrogen) atoms. The molecular weight excluding hydrogens is 378 g/mol. The highest BCUT2D eigenvalue weighted by molar-refractivity contribution is 7.99. The van der Waals surface area contributed by atoms with E-state index in [2.05, 4.69) is 26.9 Å². The highest BCUT2D eigenvalue weighted by atomic mass is 32.2. The second-order valence-electron chi connectivity index (χ2n) is 6.07. The van der Waals surface area contributed by atoms with Gasteiger partial charge in [-0.15, -0.1) is 5.10 Å². The molecule has 9 heteroatoms. The van der Waals surface area contributed by atoms with Crippen molar-refractivity contribution < 1.29 is 14.3 Å². The molecule has 0 aliphatic heterocycles. The Kier molecular flexibility index (Phi) is 6.15. The van der Waals surface area contributed by atoms with Crippen LogP contribution >= 0.6 is 11.8 Å². The predicted molar refractivity (Wildman–Crippen MR) is 108 cm³/mol. The normalized spacial score (nSPS) is 10.6. The minimum absolute atomic E-state index is 0.166. The van der Waals surface area contributed by atoms with Gasteiger partial charge in [0.1, 0.15) is 0 Å². The number of aryl methyl sites for hydroxylation is 2. The lowest BCUT2D eigenvalue weighted by Crippen LogP contribution is -2.14. The van der Waals surface area contributed by atoms with Gasteiger partial charge in [0.2, 0.25) is 11.1 Å². The van der Waals surface area contributed by atoms with Gasteiger partial charge in [-0.1, -0.05) is 29.5 Å². The number of nitrogens with zero attached hydrogens (tertiary/aromatic N) is 4. The number of aromatic nitrogens is 4. The Balaban J connectivity index is 1.67. The molecule has 0 aliphatic carbocycles. The Morgan fingerprint density at radius 3 is 2.61 bits per heavy atom. The predicted octanol–water partition coefficient (Wildman–Crippen LogP) is 3.03. The number of benzene rings is 2. The van der Waals surface area contributed by atoms with Gasteiger partial charge in [-0.25, -0.2) is 0 Å². The lowest BCUT2D eigenvalue weighted by molar-refractivity contribution is -0.113. The number of ether oxygens (including phenoxy) is 2. The number of hydrogen-bond acceptors (Lipinski definition) is 7. The number of thioether (sulfide) groups is 1. The molecule has 0 fully saturated rings. The zero-order chi connectivity index (χ0) is 20.1. The highest BCUT2D eigenvalue weighted by Crippen LogP contribution is 2.30. The monoisotopic (exact) mass is 399 g/mol. The Hall–Kier alpha value is -3.07. The molecule has 1 N–H and O–H groups in total. The van der Waals surface area contributed by atoms with Gasteiger partial charge < -0.3 is 14.8 Å². The van der Waals surface area contributed by atoms with E-state index in [-0.39, 0.29) is 11.7 Å². The SMILES string of the molecule is COc1ccc(NC(=O)CSc2nnnn2-c2ccc(C)cc2C)cc1OC. The van der Waals surface area contributed by atoms with Crippen LogP contribution in [0.5, 0.6) is 11.5 Å². The molecule has 0 atom stereocenters. The summed E-state index contributed by atoms with van der Waals surface area (Å²) in [4.78, 5) is 12.3. The molecule has 0 spiro atoms. The van der Waals surface area contributed by atoms with E-state index in [4.69, 9.17) is 9.47 Å². The molecule has 1 amide bonds. The summed E-state index contributed by atoms with van der Waals surface area (Å²) in [6.07, 6.45) is 0. The van der Waals surface area contributed by atoms with Gasteiger partial charge >= 0.3 is 0 Å². The molecule has 146 valence electrons. The molecule has 0 bridgehead atoms. The summed E-state index contributed by atoms with van der Waals surface area (Å²) in [6.45, 7) is 4.03. The maximum absolute atomic E-state index is 12.3. The van der Waals surface area contributed by atoms with Gasteiger partial charge in [0.15, 0.2) is 11.5 Å². The largest absolute Gasteiger partial charge is 0.493 e. The molecular formula is C19H21N5O3S. The zero-order valence-electron chi connectivity index (χ0n) is 16.1. The van der Waals surface area contributed by atoms with E-state index < -0.39 is 0 Å². The van der Waals surface area contributed by atoms with Crippen LogP contribution in [0, 0.1) is 13.8 Å². The average molecular weight is 399 g/mol. The zero-order valence-corrected chi connectivity index (χ0v) is 16.9. The highest BCUT2D eigenvalue weighted by Gasteiger charge is 2.14. The molecule has 0 radical (unpaired) electrons. The van der Waals surface area contributed by atoms with Crippen molar-refractivity contribution in [2.75, 3.05) is 25.3 Å². The van der Waals surface area contributed by atoms with Crippen LogP contribution in [0.2, 0.25) is 0 Å². The first kappa shape index (κ1) is 19.7. The first-order chi connectivity index (χ1) is 13.5. The van der Waals surface area contributed by atoms with Crippen LogP contribution in [0.15, 0.2) is 41.6 Å². The van der Waals surface area contributed by atoms with E-state index >= 15 is 0 Å². The summed E-state index contributed by atoms with van der Waals surface area (Å²) in [7, 11) is 3.11. The van der Waals surface area contributed by atoms with Gasteiger partial charge in [0, 0.05) is 11.8 Å². The summed E-state index contributed by atoms with van der Waals surface area (Å²) in [5.41, 5.74) is 3.73. The van der Waals surface area contributed by atoms with E-state index in [0.29, 0.717) is 22.3 Å². The first-order valence-corrected chi connectivity index (χ1v) is 9.51. The van der Waals surface area contributed by atoms with Crippen molar-refractivity contribution in [3.8, 4) is 17.2 Å². The van der Waals surface area contributed by atoms with E-state index in [1.165, 1.54) is 11.8 Å². The van der Waals surface area contributed by atoms with Crippen LogP contribution in [-0.2, 0) is 4.79 Å². The van der Waals surface area contributed by atoms with Crippen molar-refractivity contribution in [3.05, 3.63) is 47.5 Å². The quantitative estimate of drug-likeness (QED) is 0.611. The van der Waals surface area contributed by atoms with Gasteiger partial charge in [0.05, 0.1) is 25.7 Å². The van der Waals surface area contributed by atoms with Crippen LogP contribution in [0.25, 0.3) is 5.69 Å². The van der Waals surface area contributed by atoms with E-state index in [1.54, 1.807) is 37.1 Å². The standard InChI is InChI=1S/C19H21N5O3S/c1-12-5-7-15(13(2)9-12)24-19(21-22-23-24)28-11-18(25)20-14-6-8-16(26-3)17(10-14)27-4/h5-10H,11H2,1-4H3,(H,20,25). The van der Waals surface area contributed by atoms with Gasteiger partial charge in [0.25, 0.3) is 0 Å². The molecule has 0 aliphatic rings. The average Bonchev–Trinajstić information content (AvgIpc) is 3.14. The molecule has 0 saturated heterocycles. The Bertz CT molecular complexity index is 989. The number of tetrazole rings is 1. The number of rotatable bonds is 7. The van der Waals surface area contributed by atoms with Crippen LogP contribution in [0.1, 0.15) is 11.1 Å². The lowest BCUT2D eigenvalue weighted by Gasteiger charge is -2.11. The Morgan fingerprint density at radius 2 is 1.89 bits per heavy atom. The molecule has 8 nitrogen and oxygen atoms in total. The minimum atomic E-state index is -0.174. The molecule has 1 heterocycles. The van der Waals surface area contributed by atoms with Gasteiger partial charge in [-0.2, -0.15) is 4.68 Å². The van der Waals surface area contributed by atoms with Crippen molar-refractivity contribution in [2.45, 2.75) is 19.0 Å². The third-order valence-electron chi connectivity index (χ3n) is 4.02. The van der Waals surface area contributed by atoms with E-state index in [1.807, 2.05) is 26.0 Å². The molecule has 2 aromatic carbocycles. The number of carbonyl (C=O) groups excluding carboxylic acids is 1. The fourth-order valence-electron chi connectivity index (χ4n) is 2.70. The second-order valence-corrected chi connectivity index (χ2v) is 7.01. The molecule has 1 aromatic heterocycles. The first-order valence-electron chi connectivity index (χ1n) is 8.52. The molecule has 0 saturated carbocycles. The second kappa shape index (κ2) is 8.75. The van der Waals surface area contributed by atoms with Crippen LogP contribution in [-0.4, -0.2) is 46.1 Å². The topological polar surface area (TPSA) is 91.2 Å². The van der Waals surface area contributed by atoms with Crippen LogP contribution in [0.3, 0.4) is 0 Å². The fourth-order valence-corrected chi connectivity index (χ4v) is 3.39. The maximum Gasteiger partial charge on any atom is 0.234 e. The summed E-state index contributed by atoms with van der Waals surface area (Å²) in [6, 6.07) is 11.2. The Morgan fingerprint density at radius 1 is 1.11 bits per heavy atom. The summed E-state index contributed by atoms with van der Waals surface area (Å²) >= 11 is 1.27. The summed E-state index contributed by atoms with van der Waals surface area (Å²) < 4.78 is 12.1. The van der Waals surface area contributed by atoms with Gasteiger partial charge in [-0.05, 0) is 48.0 Å². The Labute approximate surface area is 167 Å². The van der Waals surface area contributed by atoms with Crippen LogP contribution in [0.4, 0.5) is 5.69 Å². The lowest BCUT2D eigenvalue weighted by atomic mass is 10.1. The van der Waals surface area contributed by atoms with Crippen molar-refractivity contribution in [1.82, 2.24) is 20.2 Å². The third kappa shape index (κ3) is 4.42. The number of nitrogens with one attached hydrogen (secondary N) is 1. The molecule has 3 aromatic rings. The van der Waals surface area contributed by atoms with E-state index in [0.717, 1.165) is 16.8 Å². The van der Waals surface area contributed by atoms with Crippen molar-refractivity contribution >= 4 is 23.4 Å². The number of hydrogen-bond donors (Lipinski definition) is 1. The summed E-state index contributed by atoms with van der Waals surface area (Å²) in [5, 5.41) is 15.2. The van der Waals surface area contributed by atoms with Crippen molar-refractivity contribution in [3.63, 3.8) is 0 Å². The number of anilines is 1. The smallest absolute Gasteiger partial charge is 0.234 e. The van der Waals surface area contributed by atoms with Crippen molar-refractivity contribution in [2.24, 2.45) is 0 Å². The summed E-state index contributed by atoms with van der Waals surface area (Å²) in [5.74, 6) is 1.14. The number of methoxy groups -OCH3 is 2. The molecule has 3 rings (SSSR count). The minimum Gasteiger partial charge on any atom is -0.493 e. The van der Waals surface area contributed by atoms with E-state index in [9.17, 15) is 4.79 Å². The van der Waals surface area contributed by atoms with Crippen LogP contribution < -0.4 is 14.8 Å². The molecule has 0 unspecified atom stereocenters. The van der Waals surface area contributed by atoms with Crippen molar-refractivity contribution in [1.29, 1.82) is 0 Å².